The summed E-state index contributed by atoms with van der Waals surface area (Å²) in [6, 6.07) is 0. The van der Waals surface area contributed by atoms with Crippen LogP contribution in [0.3, 0.4) is 0 Å². The lowest BCUT2D eigenvalue weighted by Gasteiger charge is -2.42. The van der Waals surface area contributed by atoms with Crippen molar-refractivity contribution >= 4 is 0 Å². The zero-order valence-electron chi connectivity index (χ0n) is 9.71. The fourth-order valence-electron chi connectivity index (χ4n) is 1.81. The van der Waals surface area contributed by atoms with Crippen molar-refractivity contribution in [1.29, 1.82) is 0 Å². The Kier molecular flexibility index (Phi) is 4.85. The largest absolute Gasteiger partial charge is 0.382 e. The van der Waals surface area contributed by atoms with E-state index >= 15 is 0 Å². The van der Waals surface area contributed by atoms with Gasteiger partial charge in [0, 0.05) is 31.8 Å². The van der Waals surface area contributed by atoms with E-state index in [1.165, 1.54) is 0 Å². The highest BCUT2D eigenvalue weighted by Gasteiger charge is 2.29. The van der Waals surface area contributed by atoms with Crippen LogP contribution in [0.1, 0.15) is 27.2 Å². The highest BCUT2D eigenvalue weighted by molar-refractivity contribution is 4.84. The molecular formula is C11H23NO2. The zero-order chi connectivity index (χ0) is 10.4. The first-order chi connectivity index (χ1) is 6.67. The summed E-state index contributed by atoms with van der Waals surface area (Å²) < 4.78 is 10.8. The topological polar surface area (TPSA) is 21.7 Å². The molecule has 1 heterocycles. The van der Waals surface area contributed by atoms with Crippen LogP contribution in [-0.2, 0) is 9.47 Å². The van der Waals surface area contributed by atoms with E-state index in [4.69, 9.17) is 9.47 Å². The van der Waals surface area contributed by atoms with Gasteiger partial charge in [-0.25, -0.2) is 0 Å². The minimum absolute atomic E-state index is 0.199. The molecule has 0 saturated carbocycles. The molecule has 0 bridgehead atoms. The number of hydrogen-bond acceptors (Lipinski definition) is 3. The average molecular weight is 201 g/mol. The third-order valence-electron chi connectivity index (χ3n) is 2.74. The lowest BCUT2D eigenvalue weighted by Crippen LogP contribution is -2.53. The Hall–Kier alpha value is -0.120. The molecule has 0 radical (unpaired) electrons. The first kappa shape index (κ1) is 12.0. The van der Waals surface area contributed by atoms with Crippen LogP contribution < -0.4 is 0 Å². The molecule has 1 aliphatic rings. The predicted molar refractivity (Wildman–Crippen MR) is 57.6 cm³/mol. The van der Waals surface area contributed by atoms with E-state index in [9.17, 15) is 0 Å². The Morgan fingerprint density at radius 1 is 1.43 bits per heavy atom. The van der Waals surface area contributed by atoms with Gasteiger partial charge in [0.2, 0.25) is 0 Å². The minimum atomic E-state index is 0.199. The summed E-state index contributed by atoms with van der Waals surface area (Å²) in [6.45, 7) is 12.1. The van der Waals surface area contributed by atoms with Crippen LogP contribution in [0.4, 0.5) is 0 Å². The Morgan fingerprint density at radius 3 is 2.86 bits per heavy atom. The maximum absolute atomic E-state index is 5.47. The highest BCUT2D eigenvalue weighted by atomic mass is 16.5. The van der Waals surface area contributed by atoms with Crippen LogP contribution in [0, 0.1) is 0 Å². The molecule has 0 N–H and O–H groups in total. The molecular weight excluding hydrogens is 178 g/mol. The van der Waals surface area contributed by atoms with Gasteiger partial charge in [0.05, 0.1) is 13.2 Å². The quantitative estimate of drug-likeness (QED) is 0.630. The molecule has 0 aromatic rings. The van der Waals surface area contributed by atoms with Crippen LogP contribution in [0.2, 0.25) is 0 Å². The molecule has 0 unspecified atom stereocenters. The molecule has 1 aliphatic heterocycles. The van der Waals surface area contributed by atoms with E-state index in [2.05, 4.69) is 18.7 Å². The van der Waals surface area contributed by atoms with Crippen LogP contribution in [0.5, 0.6) is 0 Å². The molecule has 0 amide bonds. The van der Waals surface area contributed by atoms with Gasteiger partial charge in [0.25, 0.3) is 0 Å². The van der Waals surface area contributed by atoms with E-state index < -0.39 is 0 Å². The van der Waals surface area contributed by atoms with E-state index in [-0.39, 0.29) is 5.54 Å². The minimum Gasteiger partial charge on any atom is -0.382 e. The van der Waals surface area contributed by atoms with Crippen molar-refractivity contribution < 1.29 is 9.47 Å². The van der Waals surface area contributed by atoms with E-state index in [0.29, 0.717) is 0 Å². The second-order valence-corrected chi connectivity index (χ2v) is 4.40. The Bertz CT molecular complexity index is 159. The van der Waals surface area contributed by atoms with Gasteiger partial charge in [-0.3, -0.25) is 4.90 Å². The predicted octanol–water partition coefficient (Wildman–Crippen LogP) is 1.52. The first-order valence-corrected chi connectivity index (χ1v) is 5.57. The standard InChI is InChI=1S/C11H23NO2/c1-4-13-8-5-6-12-7-9-14-10-11(12,2)3/h4-10H2,1-3H3. The Balaban J connectivity index is 2.20. The second kappa shape index (κ2) is 5.69. The van der Waals surface area contributed by atoms with E-state index in [1.807, 2.05) is 6.92 Å². The third-order valence-corrected chi connectivity index (χ3v) is 2.74. The van der Waals surface area contributed by atoms with Gasteiger partial charge in [-0.05, 0) is 27.2 Å². The number of nitrogens with zero attached hydrogens (tertiary/aromatic N) is 1. The number of hydrogen-bond donors (Lipinski definition) is 0. The summed E-state index contributed by atoms with van der Waals surface area (Å²) in [5.74, 6) is 0. The lowest BCUT2D eigenvalue weighted by molar-refractivity contribution is -0.0534. The average Bonchev–Trinajstić information content (AvgIpc) is 2.14. The van der Waals surface area contributed by atoms with Gasteiger partial charge in [0.1, 0.15) is 0 Å². The first-order valence-electron chi connectivity index (χ1n) is 5.57. The van der Waals surface area contributed by atoms with Crippen molar-refractivity contribution in [2.75, 3.05) is 39.5 Å². The molecule has 1 saturated heterocycles. The van der Waals surface area contributed by atoms with Crippen molar-refractivity contribution in [2.45, 2.75) is 32.7 Å². The van der Waals surface area contributed by atoms with Crippen LogP contribution in [0.15, 0.2) is 0 Å². The van der Waals surface area contributed by atoms with Crippen LogP contribution in [0.25, 0.3) is 0 Å². The summed E-state index contributed by atoms with van der Waals surface area (Å²) in [5, 5.41) is 0. The van der Waals surface area contributed by atoms with E-state index in [0.717, 1.165) is 45.9 Å². The van der Waals surface area contributed by atoms with Gasteiger partial charge >= 0.3 is 0 Å². The maximum Gasteiger partial charge on any atom is 0.0645 e. The van der Waals surface area contributed by atoms with Crippen molar-refractivity contribution in [3.8, 4) is 0 Å². The van der Waals surface area contributed by atoms with Gasteiger partial charge in [-0.15, -0.1) is 0 Å². The van der Waals surface area contributed by atoms with Gasteiger partial charge < -0.3 is 9.47 Å². The maximum atomic E-state index is 5.47. The Labute approximate surface area is 87.4 Å². The molecule has 84 valence electrons. The summed E-state index contributed by atoms with van der Waals surface area (Å²) in [4.78, 5) is 2.50. The molecule has 14 heavy (non-hydrogen) atoms. The van der Waals surface area contributed by atoms with Gasteiger partial charge in [-0.1, -0.05) is 0 Å². The molecule has 1 rings (SSSR count). The summed E-state index contributed by atoms with van der Waals surface area (Å²) in [5.41, 5.74) is 0.199. The third kappa shape index (κ3) is 3.56. The lowest BCUT2D eigenvalue weighted by atomic mass is 10.0. The fraction of sp³-hybridized carbons (Fsp3) is 1.00. The van der Waals surface area contributed by atoms with Crippen molar-refractivity contribution in [3.63, 3.8) is 0 Å². The SMILES string of the molecule is CCOCCCN1CCOCC1(C)C. The van der Waals surface area contributed by atoms with E-state index in [1.54, 1.807) is 0 Å². The van der Waals surface area contributed by atoms with Crippen molar-refractivity contribution in [2.24, 2.45) is 0 Å². The van der Waals surface area contributed by atoms with Gasteiger partial charge in [0.15, 0.2) is 0 Å². The summed E-state index contributed by atoms with van der Waals surface area (Å²) in [6.07, 6.45) is 1.12. The highest BCUT2D eigenvalue weighted by Crippen LogP contribution is 2.18. The summed E-state index contributed by atoms with van der Waals surface area (Å²) >= 11 is 0. The number of rotatable bonds is 5. The molecule has 0 aromatic heterocycles. The van der Waals surface area contributed by atoms with Gasteiger partial charge in [-0.2, -0.15) is 0 Å². The van der Waals surface area contributed by atoms with Crippen molar-refractivity contribution in [3.05, 3.63) is 0 Å². The monoisotopic (exact) mass is 201 g/mol. The Morgan fingerprint density at radius 2 is 2.21 bits per heavy atom. The molecule has 1 fully saturated rings. The normalized spacial score (nSPS) is 22.5. The smallest absolute Gasteiger partial charge is 0.0645 e. The summed E-state index contributed by atoms with van der Waals surface area (Å²) in [7, 11) is 0. The molecule has 0 spiro atoms. The molecule has 0 aliphatic carbocycles. The molecule has 0 atom stereocenters. The number of morpholine rings is 1. The van der Waals surface area contributed by atoms with Crippen molar-refractivity contribution in [1.82, 2.24) is 4.90 Å². The molecule has 3 heteroatoms. The van der Waals surface area contributed by atoms with Crippen LogP contribution in [-0.4, -0.2) is 50.0 Å². The molecule has 0 aromatic carbocycles. The fourth-order valence-corrected chi connectivity index (χ4v) is 1.81. The molecule has 3 nitrogen and oxygen atoms in total. The van der Waals surface area contributed by atoms with Crippen LogP contribution >= 0.6 is 0 Å². The second-order valence-electron chi connectivity index (χ2n) is 4.40. The zero-order valence-corrected chi connectivity index (χ0v) is 9.71. The number of ether oxygens (including phenoxy) is 2.